The Morgan fingerprint density at radius 1 is 1.11 bits per heavy atom. The van der Waals surface area contributed by atoms with E-state index < -0.39 is 0 Å². The minimum Gasteiger partial charge on any atom is -0.367 e. The summed E-state index contributed by atoms with van der Waals surface area (Å²) in [5, 5.41) is 2.76. The third-order valence-corrected chi connectivity index (χ3v) is 2.54. The van der Waals surface area contributed by atoms with Crippen molar-refractivity contribution in [2.24, 2.45) is 0 Å². The summed E-state index contributed by atoms with van der Waals surface area (Å²) in [6.45, 7) is 0.925. The van der Waals surface area contributed by atoms with Crippen molar-refractivity contribution in [1.29, 1.82) is 0 Å². The van der Waals surface area contributed by atoms with Crippen LogP contribution in [0.2, 0.25) is 0 Å². The monoisotopic (exact) mass is 256 g/mol. The lowest BCUT2D eigenvalue weighted by molar-refractivity contribution is -0.126. The minimum atomic E-state index is -0.137. The number of amides is 1. The maximum absolute atomic E-state index is 11.5. The number of carbonyl (C=O) groups is 1. The van der Waals surface area contributed by atoms with Gasteiger partial charge in [0.15, 0.2) is 0 Å². The molecular weight excluding hydrogens is 240 g/mol. The fraction of sp³-hybridized carbons (Fsp3) is 0.200. The molecule has 19 heavy (non-hydrogen) atoms. The molecule has 0 spiro atoms. The summed E-state index contributed by atoms with van der Waals surface area (Å²) >= 11 is 0. The number of hydrogen-bond acceptors (Lipinski definition) is 3. The van der Waals surface area contributed by atoms with Crippen LogP contribution in [0.15, 0.2) is 54.7 Å². The lowest BCUT2D eigenvalue weighted by Gasteiger charge is -2.06. The van der Waals surface area contributed by atoms with Crippen LogP contribution >= 0.6 is 0 Å². The first kappa shape index (κ1) is 13.2. The molecule has 0 aliphatic heterocycles. The lowest BCUT2D eigenvalue weighted by Crippen LogP contribution is -2.27. The molecular formula is C15H16N2O2. The predicted molar refractivity (Wildman–Crippen MR) is 72.2 cm³/mol. The fourth-order valence-electron chi connectivity index (χ4n) is 1.58. The van der Waals surface area contributed by atoms with Gasteiger partial charge in [-0.25, -0.2) is 0 Å². The van der Waals surface area contributed by atoms with E-state index in [4.69, 9.17) is 4.74 Å². The summed E-state index contributed by atoms with van der Waals surface area (Å²) in [6.07, 6.45) is 1.70. The Hall–Kier alpha value is -2.20. The molecule has 0 bridgehead atoms. The van der Waals surface area contributed by atoms with Crippen molar-refractivity contribution in [1.82, 2.24) is 10.3 Å². The molecule has 1 aromatic carbocycles. The Labute approximate surface area is 112 Å². The van der Waals surface area contributed by atoms with Crippen LogP contribution in [-0.4, -0.2) is 17.5 Å². The van der Waals surface area contributed by atoms with Gasteiger partial charge in [-0.1, -0.05) is 36.4 Å². The van der Waals surface area contributed by atoms with E-state index in [2.05, 4.69) is 10.3 Å². The number of nitrogens with zero attached hydrogens (tertiary/aromatic N) is 1. The third-order valence-electron chi connectivity index (χ3n) is 2.54. The number of carbonyl (C=O) groups excluding carboxylic acids is 1. The van der Waals surface area contributed by atoms with Gasteiger partial charge in [0.25, 0.3) is 0 Å². The van der Waals surface area contributed by atoms with Crippen molar-refractivity contribution in [3.8, 4) is 0 Å². The van der Waals surface area contributed by atoms with Crippen LogP contribution in [-0.2, 0) is 22.7 Å². The highest BCUT2D eigenvalue weighted by molar-refractivity contribution is 5.77. The van der Waals surface area contributed by atoms with Gasteiger partial charge < -0.3 is 10.1 Å². The largest absolute Gasteiger partial charge is 0.367 e. The Kier molecular flexibility index (Phi) is 5.07. The highest BCUT2D eigenvalue weighted by Crippen LogP contribution is 2.00. The SMILES string of the molecule is O=C(COCc1ccccc1)NCc1ccccn1. The van der Waals surface area contributed by atoms with Gasteiger partial charge >= 0.3 is 0 Å². The van der Waals surface area contributed by atoms with Crippen LogP contribution in [0, 0.1) is 0 Å². The first-order valence-corrected chi connectivity index (χ1v) is 6.13. The summed E-state index contributed by atoms with van der Waals surface area (Å²) in [4.78, 5) is 15.7. The van der Waals surface area contributed by atoms with E-state index >= 15 is 0 Å². The summed E-state index contributed by atoms with van der Waals surface area (Å²) < 4.78 is 5.34. The van der Waals surface area contributed by atoms with Crippen LogP contribution < -0.4 is 5.32 Å². The quantitative estimate of drug-likeness (QED) is 0.859. The summed E-state index contributed by atoms with van der Waals surface area (Å²) in [5.41, 5.74) is 1.89. The van der Waals surface area contributed by atoms with E-state index in [1.807, 2.05) is 48.5 Å². The molecule has 0 saturated heterocycles. The van der Waals surface area contributed by atoms with Gasteiger partial charge in [0.1, 0.15) is 6.61 Å². The maximum atomic E-state index is 11.5. The summed E-state index contributed by atoms with van der Waals surface area (Å²) in [6, 6.07) is 15.4. The second kappa shape index (κ2) is 7.28. The van der Waals surface area contributed by atoms with Crippen molar-refractivity contribution in [3.05, 3.63) is 66.0 Å². The average molecular weight is 256 g/mol. The molecule has 0 atom stereocenters. The van der Waals surface area contributed by atoms with Crippen LogP contribution in [0.5, 0.6) is 0 Å². The molecule has 1 amide bonds. The second-order valence-corrected chi connectivity index (χ2v) is 4.08. The van der Waals surface area contributed by atoms with E-state index in [-0.39, 0.29) is 12.5 Å². The fourth-order valence-corrected chi connectivity index (χ4v) is 1.58. The number of rotatable bonds is 6. The first-order chi connectivity index (χ1) is 9.34. The number of pyridine rings is 1. The van der Waals surface area contributed by atoms with Gasteiger partial charge in [-0.2, -0.15) is 0 Å². The van der Waals surface area contributed by atoms with Gasteiger partial charge in [0.05, 0.1) is 18.8 Å². The van der Waals surface area contributed by atoms with E-state index in [9.17, 15) is 4.79 Å². The zero-order valence-electron chi connectivity index (χ0n) is 10.6. The van der Waals surface area contributed by atoms with Gasteiger partial charge in [0, 0.05) is 6.20 Å². The lowest BCUT2D eigenvalue weighted by atomic mass is 10.2. The van der Waals surface area contributed by atoms with E-state index in [0.717, 1.165) is 11.3 Å². The molecule has 1 heterocycles. The zero-order chi connectivity index (χ0) is 13.3. The minimum absolute atomic E-state index is 0.0573. The number of aromatic nitrogens is 1. The third kappa shape index (κ3) is 4.89. The van der Waals surface area contributed by atoms with Gasteiger partial charge in [-0.05, 0) is 17.7 Å². The van der Waals surface area contributed by atoms with Crippen molar-refractivity contribution in [2.45, 2.75) is 13.2 Å². The Morgan fingerprint density at radius 2 is 1.89 bits per heavy atom. The Morgan fingerprint density at radius 3 is 2.63 bits per heavy atom. The Balaban J connectivity index is 1.65. The van der Waals surface area contributed by atoms with Gasteiger partial charge in [-0.15, -0.1) is 0 Å². The topological polar surface area (TPSA) is 51.2 Å². The van der Waals surface area contributed by atoms with Crippen molar-refractivity contribution in [2.75, 3.05) is 6.61 Å². The smallest absolute Gasteiger partial charge is 0.246 e. The number of ether oxygens (including phenoxy) is 1. The highest BCUT2D eigenvalue weighted by Gasteiger charge is 2.02. The molecule has 1 aromatic heterocycles. The molecule has 0 aliphatic carbocycles. The standard InChI is InChI=1S/C15H16N2O2/c18-15(17-10-14-8-4-5-9-16-14)12-19-11-13-6-2-1-3-7-13/h1-9H,10-12H2,(H,17,18). The maximum Gasteiger partial charge on any atom is 0.246 e. The van der Waals surface area contributed by atoms with Gasteiger partial charge in [-0.3, -0.25) is 9.78 Å². The average Bonchev–Trinajstić information content (AvgIpc) is 2.47. The molecule has 2 aromatic rings. The molecule has 0 radical (unpaired) electrons. The molecule has 98 valence electrons. The van der Waals surface area contributed by atoms with Gasteiger partial charge in [0.2, 0.25) is 5.91 Å². The molecule has 0 saturated carbocycles. The molecule has 4 nitrogen and oxygen atoms in total. The molecule has 4 heteroatoms. The van der Waals surface area contributed by atoms with Crippen LogP contribution in [0.1, 0.15) is 11.3 Å². The Bertz CT molecular complexity index is 500. The number of nitrogens with one attached hydrogen (secondary N) is 1. The normalized spacial score (nSPS) is 10.1. The van der Waals surface area contributed by atoms with Crippen molar-refractivity contribution in [3.63, 3.8) is 0 Å². The van der Waals surface area contributed by atoms with Crippen LogP contribution in [0.4, 0.5) is 0 Å². The zero-order valence-corrected chi connectivity index (χ0v) is 10.6. The molecule has 1 N–H and O–H groups in total. The second-order valence-electron chi connectivity index (χ2n) is 4.08. The van der Waals surface area contributed by atoms with Crippen molar-refractivity contribution >= 4 is 5.91 Å². The van der Waals surface area contributed by atoms with Crippen molar-refractivity contribution < 1.29 is 9.53 Å². The summed E-state index contributed by atoms with van der Waals surface area (Å²) in [7, 11) is 0. The number of hydrogen-bond donors (Lipinski definition) is 1. The molecule has 2 rings (SSSR count). The first-order valence-electron chi connectivity index (χ1n) is 6.13. The number of benzene rings is 1. The van der Waals surface area contributed by atoms with E-state index in [0.29, 0.717) is 13.2 Å². The highest BCUT2D eigenvalue weighted by atomic mass is 16.5. The molecule has 0 aliphatic rings. The van der Waals surface area contributed by atoms with E-state index in [1.165, 1.54) is 0 Å². The predicted octanol–water partition coefficient (Wildman–Crippen LogP) is 1.91. The van der Waals surface area contributed by atoms with E-state index in [1.54, 1.807) is 6.20 Å². The van der Waals surface area contributed by atoms with Crippen LogP contribution in [0.25, 0.3) is 0 Å². The molecule has 0 fully saturated rings. The van der Waals surface area contributed by atoms with Crippen LogP contribution in [0.3, 0.4) is 0 Å². The molecule has 0 unspecified atom stereocenters. The summed E-state index contributed by atoms with van der Waals surface area (Å²) in [5.74, 6) is -0.137.